The summed E-state index contributed by atoms with van der Waals surface area (Å²) in [6.07, 6.45) is 0.390. The van der Waals surface area contributed by atoms with Gasteiger partial charge in [0.1, 0.15) is 12.3 Å². The zero-order chi connectivity index (χ0) is 25.5. The average molecular weight is 500 g/mol. The Morgan fingerprint density at radius 1 is 1.11 bits per heavy atom. The van der Waals surface area contributed by atoms with Crippen molar-refractivity contribution < 1.29 is 9.59 Å². The number of anilines is 2. The van der Waals surface area contributed by atoms with Crippen molar-refractivity contribution in [3.63, 3.8) is 0 Å². The highest BCUT2D eigenvalue weighted by Gasteiger charge is 2.35. The van der Waals surface area contributed by atoms with Crippen LogP contribution in [0.15, 0.2) is 84.0 Å². The summed E-state index contributed by atoms with van der Waals surface area (Å²) in [5, 5.41) is 18.7. The third-order valence-corrected chi connectivity index (χ3v) is 6.10. The largest absolute Gasteiger partial charge is 0.327 e. The van der Waals surface area contributed by atoms with Gasteiger partial charge in [-0.1, -0.05) is 54.1 Å². The van der Waals surface area contributed by atoms with Gasteiger partial charge in [-0.05, 0) is 54.4 Å². The van der Waals surface area contributed by atoms with Crippen LogP contribution in [-0.4, -0.2) is 29.2 Å². The Morgan fingerprint density at radius 2 is 1.86 bits per heavy atom. The fourth-order valence-electron chi connectivity index (χ4n) is 4.16. The van der Waals surface area contributed by atoms with Gasteiger partial charge in [-0.15, -0.1) is 0 Å². The van der Waals surface area contributed by atoms with E-state index in [2.05, 4.69) is 16.5 Å². The lowest BCUT2D eigenvalue weighted by Crippen LogP contribution is -2.31. The molecule has 3 aromatic rings. The quantitative estimate of drug-likeness (QED) is 0.423. The van der Waals surface area contributed by atoms with Crippen LogP contribution in [0.3, 0.4) is 0 Å². The molecule has 3 aromatic carbocycles. The van der Waals surface area contributed by atoms with Crippen molar-refractivity contribution in [2.45, 2.75) is 32.2 Å². The van der Waals surface area contributed by atoms with Crippen molar-refractivity contribution in [3.8, 4) is 6.07 Å². The number of carbonyl (C=O) groups is 2. The summed E-state index contributed by atoms with van der Waals surface area (Å²) < 4.78 is 0. The molecular formula is C28H26ClN5O2. The molecule has 1 atom stereocenters. The van der Waals surface area contributed by atoms with Crippen LogP contribution < -0.4 is 10.2 Å². The van der Waals surface area contributed by atoms with E-state index in [9.17, 15) is 14.9 Å². The van der Waals surface area contributed by atoms with Gasteiger partial charge >= 0.3 is 0 Å². The van der Waals surface area contributed by atoms with E-state index in [4.69, 9.17) is 11.6 Å². The minimum absolute atomic E-state index is 0.282. The molecule has 0 aromatic heterocycles. The summed E-state index contributed by atoms with van der Waals surface area (Å²) in [7, 11) is 0. The molecule has 4 rings (SSSR count). The van der Waals surface area contributed by atoms with Crippen molar-refractivity contribution in [1.82, 2.24) is 5.01 Å². The third-order valence-electron chi connectivity index (χ3n) is 5.84. The highest BCUT2D eigenvalue weighted by Crippen LogP contribution is 2.34. The van der Waals surface area contributed by atoms with E-state index < -0.39 is 11.8 Å². The number of nitrogens with zero attached hydrogens (tertiary/aromatic N) is 4. The summed E-state index contributed by atoms with van der Waals surface area (Å²) in [4.78, 5) is 27.9. The molecular weight excluding hydrogens is 474 g/mol. The molecule has 2 amide bonds. The summed E-state index contributed by atoms with van der Waals surface area (Å²) in [6, 6.07) is 26.1. The predicted molar refractivity (Wildman–Crippen MR) is 142 cm³/mol. The van der Waals surface area contributed by atoms with E-state index in [1.165, 1.54) is 5.01 Å². The predicted octanol–water partition coefficient (Wildman–Crippen LogP) is 5.68. The average Bonchev–Trinajstić information content (AvgIpc) is 3.31. The highest BCUT2D eigenvalue weighted by atomic mass is 35.5. The van der Waals surface area contributed by atoms with Crippen LogP contribution in [0.4, 0.5) is 11.4 Å². The third kappa shape index (κ3) is 6.09. The molecule has 0 spiro atoms. The Kier molecular flexibility index (Phi) is 7.99. The van der Waals surface area contributed by atoms with Gasteiger partial charge in [0.05, 0.1) is 18.5 Å². The maximum Gasteiger partial charge on any atom is 0.252 e. The summed E-state index contributed by atoms with van der Waals surface area (Å²) in [5.74, 6) is -0.158. The molecule has 182 valence electrons. The first-order valence-corrected chi connectivity index (χ1v) is 12.0. The van der Waals surface area contributed by atoms with Crippen molar-refractivity contribution >= 4 is 40.6 Å². The van der Waals surface area contributed by atoms with E-state index in [0.29, 0.717) is 29.5 Å². The standard InChI is InChI=1S/C28H26ClN5O2/c1-20-7-5-10-23(17-20)31-27(35)19-28(36)34-25(21-8-3-2-4-9-21)18-26(32-34)33(16-6-15-30)24-13-11-22(29)12-14-24/h2-5,7-14,17,25H,6,16,18-19H2,1H3,(H,31,35)/t25-/m0/s1. The second-order valence-corrected chi connectivity index (χ2v) is 8.95. The molecule has 1 aliphatic rings. The number of nitrogens with one attached hydrogen (secondary N) is 1. The van der Waals surface area contributed by atoms with Crippen LogP contribution in [0.5, 0.6) is 0 Å². The molecule has 36 heavy (non-hydrogen) atoms. The van der Waals surface area contributed by atoms with Gasteiger partial charge in [-0.3, -0.25) is 9.59 Å². The Labute approximate surface area is 215 Å². The zero-order valence-electron chi connectivity index (χ0n) is 19.9. The topological polar surface area (TPSA) is 88.8 Å². The monoisotopic (exact) mass is 499 g/mol. The van der Waals surface area contributed by atoms with Gasteiger partial charge in [0.25, 0.3) is 5.91 Å². The Bertz CT molecular complexity index is 1300. The maximum absolute atomic E-state index is 13.3. The van der Waals surface area contributed by atoms with Gasteiger partial charge < -0.3 is 10.2 Å². The second kappa shape index (κ2) is 11.5. The second-order valence-electron chi connectivity index (χ2n) is 8.52. The van der Waals surface area contributed by atoms with E-state index in [1.54, 1.807) is 18.2 Å². The maximum atomic E-state index is 13.3. The number of benzene rings is 3. The first-order chi connectivity index (χ1) is 17.4. The fourth-order valence-corrected chi connectivity index (χ4v) is 4.28. The van der Waals surface area contributed by atoms with Gasteiger partial charge in [0, 0.05) is 29.4 Å². The van der Waals surface area contributed by atoms with Crippen LogP contribution in [0, 0.1) is 18.3 Å². The Balaban J connectivity index is 1.60. The molecule has 0 fully saturated rings. The van der Waals surface area contributed by atoms with E-state index in [-0.39, 0.29) is 18.9 Å². The molecule has 7 nitrogen and oxygen atoms in total. The van der Waals surface area contributed by atoms with Gasteiger partial charge in [-0.2, -0.15) is 10.4 Å². The minimum Gasteiger partial charge on any atom is -0.327 e. The number of hydrogen-bond donors (Lipinski definition) is 1. The van der Waals surface area contributed by atoms with Crippen molar-refractivity contribution in [2.24, 2.45) is 5.10 Å². The molecule has 1 N–H and O–H groups in total. The first-order valence-electron chi connectivity index (χ1n) is 11.7. The molecule has 0 radical (unpaired) electrons. The SMILES string of the molecule is Cc1cccc(NC(=O)CC(=O)N2N=C(N(CCC#N)c3ccc(Cl)cc3)C[C@H]2c2ccccc2)c1. The number of hydrogen-bond acceptors (Lipinski definition) is 5. The number of hydrazone groups is 1. The van der Waals surface area contributed by atoms with Crippen LogP contribution in [0.2, 0.25) is 5.02 Å². The normalized spacial score (nSPS) is 14.6. The number of carbonyl (C=O) groups excluding carboxylic acids is 2. The molecule has 1 heterocycles. The lowest BCUT2D eigenvalue weighted by molar-refractivity contribution is -0.136. The van der Waals surface area contributed by atoms with Crippen molar-refractivity contribution in [1.29, 1.82) is 5.26 Å². The van der Waals surface area contributed by atoms with E-state index in [0.717, 1.165) is 16.8 Å². The Hall–Kier alpha value is -4.15. The minimum atomic E-state index is -0.403. The molecule has 8 heteroatoms. The number of halogens is 1. The summed E-state index contributed by atoms with van der Waals surface area (Å²) >= 11 is 6.07. The van der Waals surface area contributed by atoms with Gasteiger partial charge in [0.15, 0.2) is 0 Å². The van der Waals surface area contributed by atoms with Crippen LogP contribution >= 0.6 is 11.6 Å². The summed E-state index contributed by atoms with van der Waals surface area (Å²) in [5.41, 5.74) is 3.40. The molecule has 0 saturated carbocycles. The molecule has 0 unspecified atom stereocenters. The fraction of sp³-hybridized carbons (Fsp3) is 0.214. The highest BCUT2D eigenvalue weighted by molar-refractivity contribution is 6.30. The lowest BCUT2D eigenvalue weighted by Gasteiger charge is -2.23. The molecule has 0 bridgehead atoms. The lowest BCUT2D eigenvalue weighted by atomic mass is 10.0. The van der Waals surface area contributed by atoms with Crippen molar-refractivity contribution in [3.05, 3.63) is 95.0 Å². The van der Waals surface area contributed by atoms with E-state index in [1.807, 2.05) is 72.5 Å². The van der Waals surface area contributed by atoms with Crippen LogP contribution in [0.1, 0.15) is 36.4 Å². The number of nitriles is 1. The van der Waals surface area contributed by atoms with Crippen LogP contribution in [0.25, 0.3) is 0 Å². The first kappa shape index (κ1) is 25.0. The van der Waals surface area contributed by atoms with Gasteiger partial charge in [-0.25, -0.2) is 5.01 Å². The number of rotatable bonds is 7. The zero-order valence-corrected chi connectivity index (χ0v) is 20.7. The smallest absolute Gasteiger partial charge is 0.252 e. The number of amidine groups is 1. The van der Waals surface area contributed by atoms with Crippen LogP contribution in [-0.2, 0) is 9.59 Å². The summed E-state index contributed by atoms with van der Waals surface area (Å²) in [6.45, 7) is 2.35. The Morgan fingerprint density at radius 3 is 2.56 bits per heavy atom. The van der Waals surface area contributed by atoms with Gasteiger partial charge in [0.2, 0.25) is 5.91 Å². The molecule has 0 aliphatic carbocycles. The number of amides is 2. The van der Waals surface area contributed by atoms with Crippen molar-refractivity contribution in [2.75, 3.05) is 16.8 Å². The molecule has 0 saturated heterocycles. The van der Waals surface area contributed by atoms with E-state index >= 15 is 0 Å². The number of aryl methyl sites for hydroxylation is 1. The molecule has 1 aliphatic heterocycles.